The Morgan fingerprint density at radius 1 is 1.12 bits per heavy atom. The van der Waals surface area contributed by atoms with Gasteiger partial charge in [0.15, 0.2) is 0 Å². The minimum absolute atomic E-state index is 0.230. The lowest BCUT2D eigenvalue weighted by Gasteiger charge is -2.30. The Kier molecular flexibility index (Phi) is 8.74. The standard InChI is InChI=1S/C23H31F3N4O2/c1-5-6-14-29(15-18-10-9-13-28(18)4)21(31)16-30(17(2)3)22(32)27-20-12-8-7-11-19(20)23(24,25)26/h7-13,17H,5-6,14-16H2,1-4H3,(H,27,32). The predicted molar refractivity (Wildman–Crippen MR) is 118 cm³/mol. The molecule has 0 aliphatic carbocycles. The van der Waals surface area contributed by atoms with Crippen molar-refractivity contribution in [3.63, 3.8) is 0 Å². The van der Waals surface area contributed by atoms with Crippen molar-refractivity contribution < 1.29 is 22.8 Å². The zero-order valence-corrected chi connectivity index (χ0v) is 18.9. The van der Waals surface area contributed by atoms with Crippen molar-refractivity contribution in [2.45, 2.75) is 52.4 Å². The number of carbonyl (C=O) groups excluding carboxylic acids is 2. The highest BCUT2D eigenvalue weighted by Crippen LogP contribution is 2.34. The molecule has 1 N–H and O–H groups in total. The summed E-state index contributed by atoms with van der Waals surface area (Å²) in [6.45, 7) is 6.16. The van der Waals surface area contributed by atoms with E-state index in [4.69, 9.17) is 0 Å². The molecule has 0 aliphatic heterocycles. The van der Waals surface area contributed by atoms with Crippen LogP contribution < -0.4 is 5.32 Å². The highest BCUT2D eigenvalue weighted by atomic mass is 19.4. The largest absolute Gasteiger partial charge is 0.418 e. The third kappa shape index (κ3) is 6.77. The second kappa shape index (κ2) is 11.1. The number of hydrogen-bond donors (Lipinski definition) is 1. The first kappa shape index (κ1) is 25.3. The van der Waals surface area contributed by atoms with Crippen LogP contribution in [0.2, 0.25) is 0 Å². The number of anilines is 1. The number of rotatable bonds is 9. The van der Waals surface area contributed by atoms with Crippen LogP contribution in [-0.2, 0) is 24.6 Å². The van der Waals surface area contributed by atoms with E-state index in [1.807, 2.05) is 36.9 Å². The van der Waals surface area contributed by atoms with Gasteiger partial charge in [-0.05, 0) is 44.5 Å². The lowest BCUT2D eigenvalue weighted by Crippen LogP contribution is -2.47. The summed E-state index contributed by atoms with van der Waals surface area (Å²) in [4.78, 5) is 28.9. The van der Waals surface area contributed by atoms with Crippen molar-refractivity contribution in [1.82, 2.24) is 14.4 Å². The molecular formula is C23H31F3N4O2. The minimum atomic E-state index is -4.60. The molecule has 0 saturated carbocycles. The van der Waals surface area contributed by atoms with Crippen LogP contribution in [0.1, 0.15) is 44.9 Å². The molecule has 0 atom stereocenters. The number of para-hydroxylation sites is 1. The van der Waals surface area contributed by atoms with Crippen molar-refractivity contribution in [2.24, 2.45) is 7.05 Å². The summed E-state index contributed by atoms with van der Waals surface area (Å²) >= 11 is 0. The lowest BCUT2D eigenvalue weighted by molar-refractivity contribution is -0.137. The van der Waals surface area contributed by atoms with E-state index in [1.54, 1.807) is 18.7 Å². The Morgan fingerprint density at radius 3 is 2.38 bits per heavy atom. The fourth-order valence-electron chi connectivity index (χ4n) is 3.26. The summed E-state index contributed by atoms with van der Waals surface area (Å²) in [5, 5.41) is 2.33. The third-order valence-electron chi connectivity index (χ3n) is 5.20. The molecule has 6 nitrogen and oxygen atoms in total. The molecule has 0 bridgehead atoms. The Morgan fingerprint density at radius 2 is 1.81 bits per heavy atom. The highest BCUT2D eigenvalue weighted by molar-refractivity contribution is 5.93. The van der Waals surface area contributed by atoms with Gasteiger partial charge in [0.1, 0.15) is 6.54 Å². The fraction of sp³-hybridized carbons (Fsp3) is 0.478. The van der Waals surface area contributed by atoms with Crippen molar-refractivity contribution >= 4 is 17.6 Å². The number of carbonyl (C=O) groups is 2. The van der Waals surface area contributed by atoms with E-state index in [-0.39, 0.29) is 24.2 Å². The van der Waals surface area contributed by atoms with Gasteiger partial charge < -0.3 is 19.7 Å². The molecule has 1 heterocycles. The maximum absolute atomic E-state index is 13.3. The molecule has 0 radical (unpaired) electrons. The van der Waals surface area contributed by atoms with Crippen LogP contribution in [-0.4, -0.2) is 45.4 Å². The first-order valence-electron chi connectivity index (χ1n) is 10.7. The molecule has 0 aliphatic rings. The summed E-state index contributed by atoms with van der Waals surface area (Å²) in [5.41, 5.74) is -0.319. The first-order chi connectivity index (χ1) is 15.0. The van der Waals surface area contributed by atoms with Crippen LogP contribution in [0.25, 0.3) is 0 Å². The number of nitrogens with one attached hydrogen (secondary N) is 1. The van der Waals surface area contributed by atoms with Gasteiger partial charge in [-0.25, -0.2) is 4.79 Å². The Hall–Kier alpha value is -2.97. The molecule has 0 spiro atoms. The monoisotopic (exact) mass is 452 g/mol. The predicted octanol–water partition coefficient (Wildman–Crippen LogP) is 5.12. The zero-order valence-electron chi connectivity index (χ0n) is 18.9. The van der Waals surface area contributed by atoms with Crippen LogP contribution in [0, 0.1) is 0 Å². The van der Waals surface area contributed by atoms with Gasteiger partial charge in [0.2, 0.25) is 5.91 Å². The molecule has 0 saturated heterocycles. The van der Waals surface area contributed by atoms with Crippen LogP contribution in [0.3, 0.4) is 0 Å². The van der Waals surface area contributed by atoms with Crippen LogP contribution in [0.15, 0.2) is 42.6 Å². The van der Waals surface area contributed by atoms with Crippen LogP contribution >= 0.6 is 0 Å². The molecule has 176 valence electrons. The van der Waals surface area contributed by atoms with Crippen molar-refractivity contribution in [3.05, 3.63) is 53.9 Å². The van der Waals surface area contributed by atoms with Gasteiger partial charge in [0.25, 0.3) is 0 Å². The normalized spacial score (nSPS) is 11.5. The summed E-state index contributed by atoms with van der Waals surface area (Å²) < 4.78 is 41.8. The van der Waals surface area contributed by atoms with Gasteiger partial charge >= 0.3 is 12.2 Å². The molecule has 0 unspecified atom stereocenters. The van der Waals surface area contributed by atoms with E-state index in [1.165, 1.54) is 23.1 Å². The summed E-state index contributed by atoms with van der Waals surface area (Å²) in [6.07, 6.45) is -0.999. The molecule has 9 heteroatoms. The van der Waals surface area contributed by atoms with Crippen molar-refractivity contribution in [1.29, 1.82) is 0 Å². The smallest absolute Gasteiger partial charge is 0.353 e. The molecular weight excluding hydrogens is 421 g/mol. The van der Waals surface area contributed by atoms with E-state index < -0.39 is 17.8 Å². The van der Waals surface area contributed by atoms with Crippen LogP contribution in [0.5, 0.6) is 0 Å². The first-order valence-corrected chi connectivity index (χ1v) is 10.7. The van der Waals surface area contributed by atoms with E-state index in [2.05, 4.69) is 5.32 Å². The fourth-order valence-corrected chi connectivity index (χ4v) is 3.26. The average molecular weight is 453 g/mol. The third-order valence-corrected chi connectivity index (χ3v) is 5.20. The molecule has 3 amide bonds. The average Bonchev–Trinajstić information content (AvgIpc) is 3.12. The number of aromatic nitrogens is 1. The molecule has 32 heavy (non-hydrogen) atoms. The van der Waals surface area contributed by atoms with Gasteiger partial charge in [-0.15, -0.1) is 0 Å². The second-order valence-electron chi connectivity index (χ2n) is 7.97. The van der Waals surface area contributed by atoms with Gasteiger partial charge in [0.05, 0.1) is 17.8 Å². The van der Waals surface area contributed by atoms with E-state index in [0.717, 1.165) is 24.6 Å². The van der Waals surface area contributed by atoms with Crippen LogP contribution in [0.4, 0.5) is 23.7 Å². The zero-order chi connectivity index (χ0) is 23.9. The Labute approximate surface area is 187 Å². The molecule has 2 rings (SSSR count). The minimum Gasteiger partial charge on any atom is -0.353 e. The summed E-state index contributed by atoms with van der Waals surface area (Å²) in [6, 6.07) is 7.47. The number of benzene rings is 1. The van der Waals surface area contributed by atoms with E-state index in [9.17, 15) is 22.8 Å². The van der Waals surface area contributed by atoms with E-state index in [0.29, 0.717) is 13.1 Å². The maximum Gasteiger partial charge on any atom is 0.418 e. The summed E-state index contributed by atoms with van der Waals surface area (Å²) in [5.74, 6) is -0.257. The molecule has 2 aromatic rings. The maximum atomic E-state index is 13.3. The lowest BCUT2D eigenvalue weighted by atomic mass is 10.1. The number of urea groups is 1. The number of hydrogen-bond acceptors (Lipinski definition) is 2. The molecule has 1 aromatic heterocycles. The SMILES string of the molecule is CCCCN(Cc1cccn1C)C(=O)CN(C(=O)Nc1ccccc1C(F)(F)F)C(C)C. The number of halogens is 3. The Bertz CT molecular complexity index is 909. The van der Waals surface area contributed by atoms with E-state index >= 15 is 0 Å². The van der Waals surface area contributed by atoms with Gasteiger partial charge in [0, 0.05) is 31.5 Å². The number of nitrogens with zero attached hydrogens (tertiary/aromatic N) is 3. The number of amides is 3. The number of aryl methyl sites for hydroxylation is 1. The van der Waals surface area contributed by atoms with Gasteiger partial charge in [-0.2, -0.15) is 13.2 Å². The van der Waals surface area contributed by atoms with Gasteiger partial charge in [-0.3, -0.25) is 4.79 Å². The van der Waals surface area contributed by atoms with Gasteiger partial charge in [-0.1, -0.05) is 25.5 Å². The quantitative estimate of drug-likeness (QED) is 0.575. The topological polar surface area (TPSA) is 57.6 Å². The van der Waals surface area contributed by atoms with Crippen molar-refractivity contribution in [2.75, 3.05) is 18.4 Å². The summed E-state index contributed by atoms with van der Waals surface area (Å²) in [7, 11) is 1.89. The van der Waals surface area contributed by atoms with Crippen molar-refractivity contribution in [3.8, 4) is 0 Å². The highest BCUT2D eigenvalue weighted by Gasteiger charge is 2.34. The molecule has 0 fully saturated rings. The number of unbranched alkanes of at least 4 members (excludes halogenated alkanes) is 1. The number of alkyl halides is 3. The molecule has 1 aromatic carbocycles. The Balaban J connectivity index is 2.17. The second-order valence-corrected chi connectivity index (χ2v) is 7.97.